The fourth-order valence-electron chi connectivity index (χ4n) is 4.78. The Hall–Kier alpha value is -2.67. The van der Waals surface area contributed by atoms with E-state index in [0.717, 1.165) is 30.1 Å². The van der Waals surface area contributed by atoms with E-state index in [4.69, 9.17) is 4.74 Å². The Bertz CT molecular complexity index is 891. The van der Waals surface area contributed by atoms with Gasteiger partial charge >= 0.3 is 6.03 Å². The summed E-state index contributed by atoms with van der Waals surface area (Å²) in [6.07, 6.45) is 1.78. The molecule has 29 heavy (non-hydrogen) atoms. The van der Waals surface area contributed by atoms with E-state index in [1.807, 2.05) is 23.1 Å². The zero-order valence-electron chi connectivity index (χ0n) is 17.1. The van der Waals surface area contributed by atoms with E-state index in [9.17, 15) is 9.18 Å². The van der Waals surface area contributed by atoms with Crippen LogP contribution in [0.1, 0.15) is 17.3 Å². The standard InChI is InChI=1S/C22H27FN4O2/c1-25(2)22(28)27-12-16-11-26(14-19-20(29-3)8-5-9-24-19)13-18(16)21(27)15-6-4-7-17(23)10-15/h4-10,16,18,21H,11-14H2,1-3H3/t16-,18-,21-/m1/s1. The SMILES string of the molecule is COc1cccnc1CN1C[C@@H]2CN(C(=O)N(C)C)[C@H](c3cccc(F)c3)[C@@H]2C1. The molecule has 0 bridgehead atoms. The molecule has 2 aliphatic heterocycles. The molecule has 2 fully saturated rings. The molecule has 1 aromatic heterocycles. The number of rotatable bonds is 4. The number of benzene rings is 1. The number of halogens is 1. The van der Waals surface area contributed by atoms with Crippen molar-refractivity contribution in [1.82, 2.24) is 19.7 Å². The minimum absolute atomic E-state index is 0.0217. The van der Waals surface area contributed by atoms with Crippen LogP contribution in [0.4, 0.5) is 9.18 Å². The van der Waals surface area contributed by atoms with Crippen LogP contribution >= 0.6 is 0 Å². The second kappa shape index (κ2) is 7.99. The molecule has 0 unspecified atom stereocenters. The van der Waals surface area contributed by atoms with Gasteiger partial charge in [0.05, 0.1) is 18.8 Å². The number of hydrogen-bond acceptors (Lipinski definition) is 4. The van der Waals surface area contributed by atoms with E-state index >= 15 is 0 Å². The van der Waals surface area contributed by atoms with Crippen LogP contribution in [0.5, 0.6) is 5.75 Å². The molecule has 2 aromatic rings. The minimum Gasteiger partial charge on any atom is -0.495 e. The van der Waals surface area contributed by atoms with E-state index in [2.05, 4.69) is 9.88 Å². The highest BCUT2D eigenvalue weighted by molar-refractivity contribution is 5.75. The Labute approximate surface area is 170 Å². The molecule has 2 aliphatic rings. The van der Waals surface area contributed by atoms with Gasteiger partial charge in [0.15, 0.2) is 0 Å². The van der Waals surface area contributed by atoms with Crippen molar-refractivity contribution >= 4 is 6.03 Å². The lowest BCUT2D eigenvalue weighted by atomic mass is 9.89. The smallest absolute Gasteiger partial charge is 0.320 e. The third kappa shape index (κ3) is 3.79. The highest BCUT2D eigenvalue weighted by atomic mass is 19.1. The van der Waals surface area contributed by atoms with Crippen molar-refractivity contribution in [3.8, 4) is 5.75 Å². The molecule has 3 heterocycles. The van der Waals surface area contributed by atoms with Crippen molar-refractivity contribution in [2.75, 3.05) is 40.8 Å². The van der Waals surface area contributed by atoms with Crippen molar-refractivity contribution in [2.45, 2.75) is 12.6 Å². The van der Waals surface area contributed by atoms with Crippen molar-refractivity contribution in [1.29, 1.82) is 0 Å². The lowest BCUT2D eigenvalue weighted by molar-refractivity contribution is 0.151. The molecule has 0 saturated carbocycles. The van der Waals surface area contributed by atoms with E-state index in [-0.39, 0.29) is 23.8 Å². The monoisotopic (exact) mass is 398 g/mol. The molecule has 1 aromatic carbocycles. The molecule has 0 aliphatic carbocycles. The van der Waals surface area contributed by atoms with Crippen LogP contribution in [0, 0.1) is 17.7 Å². The fourth-order valence-corrected chi connectivity index (χ4v) is 4.78. The topological polar surface area (TPSA) is 48.9 Å². The predicted octanol–water partition coefficient (Wildman–Crippen LogP) is 3.02. The Morgan fingerprint density at radius 2 is 2.07 bits per heavy atom. The number of carbonyl (C=O) groups is 1. The Morgan fingerprint density at radius 1 is 1.24 bits per heavy atom. The number of fused-ring (bicyclic) bond motifs is 1. The molecule has 0 radical (unpaired) electrons. The maximum Gasteiger partial charge on any atom is 0.320 e. The summed E-state index contributed by atoms with van der Waals surface area (Å²) in [6.45, 7) is 3.10. The molecular weight excluding hydrogens is 371 g/mol. The number of nitrogens with zero attached hydrogens (tertiary/aromatic N) is 4. The van der Waals surface area contributed by atoms with E-state index in [1.54, 1.807) is 44.4 Å². The second-order valence-corrected chi connectivity index (χ2v) is 8.10. The van der Waals surface area contributed by atoms with Gasteiger partial charge in [-0.3, -0.25) is 9.88 Å². The van der Waals surface area contributed by atoms with Gasteiger partial charge in [-0.25, -0.2) is 9.18 Å². The lowest BCUT2D eigenvalue weighted by Gasteiger charge is -2.32. The summed E-state index contributed by atoms with van der Waals surface area (Å²) in [5.41, 5.74) is 1.78. The normalized spacial score (nSPS) is 23.9. The summed E-state index contributed by atoms with van der Waals surface area (Å²) >= 11 is 0. The maximum atomic E-state index is 14.0. The summed E-state index contributed by atoms with van der Waals surface area (Å²) in [6, 6.07) is 10.3. The molecule has 4 rings (SSSR count). The number of carbonyl (C=O) groups excluding carboxylic acids is 1. The van der Waals surface area contributed by atoms with E-state index in [0.29, 0.717) is 19.0 Å². The lowest BCUT2D eigenvalue weighted by Crippen LogP contribution is -2.41. The van der Waals surface area contributed by atoms with Gasteiger partial charge in [-0.15, -0.1) is 0 Å². The van der Waals surface area contributed by atoms with Gasteiger partial charge in [0, 0.05) is 52.4 Å². The Morgan fingerprint density at radius 3 is 2.79 bits per heavy atom. The van der Waals surface area contributed by atoms with Crippen molar-refractivity contribution in [2.24, 2.45) is 11.8 Å². The van der Waals surface area contributed by atoms with E-state index < -0.39 is 0 Å². The number of methoxy groups -OCH3 is 1. The molecule has 2 saturated heterocycles. The zero-order chi connectivity index (χ0) is 20.5. The average Bonchev–Trinajstić information content (AvgIpc) is 3.24. The highest BCUT2D eigenvalue weighted by Crippen LogP contribution is 2.45. The van der Waals surface area contributed by atoms with Gasteiger partial charge in [-0.2, -0.15) is 0 Å². The Kier molecular flexibility index (Phi) is 5.41. The first kappa shape index (κ1) is 19.6. The molecule has 154 valence electrons. The van der Waals surface area contributed by atoms with Gasteiger partial charge < -0.3 is 14.5 Å². The van der Waals surface area contributed by atoms with Gasteiger partial charge in [0.1, 0.15) is 11.6 Å². The van der Waals surface area contributed by atoms with Crippen LogP contribution < -0.4 is 4.74 Å². The van der Waals surface area contributed by atoms with Crippen LogP contribution in [0.25, 0.3) is 0 Å². The van der Waals surface area contributed by atoms with Crippen LogP contribution in [0.3, 0.4) is 0 Å². The third-order valence-electron chi connectivity index (χ3n) is 6.00. The molecular formula is C22H27FN4O2. The van der Waals surface area contributed by atoms with E-state index in [1.165, 1.54) is 6.07 Å². The van der Waals surface area contributed by atoms with Crippen LogP contribution in [-0.2, 0) is 6.54 Å². The maximum absolute atomic E-state index is 14.0. The number of likely N-dealkylation sites (tertiary alicyclic amines) is 2. The minimum atomic E-state index is -0.267. The summed E-state index contributed by atoms with van der Waals surface area (Å²) in [5.74, 6) is 1.13. The fraction of sp³-hybridized carbons (Fsp3) is 0.455. The van der Waals surface area contributed by atoms with Crippen LogP contribution in [0.2, 0.25) is 0 Å². The third-order valence-corrected chi connectivity index (χ3v) is 6.00. The van der Waals surface area contributed by atoms with Gasteiger partial charge in [-0.1, -0.05) is 12.1 Å². The molecule has 0 spiro atoms. The van der Waals surface area contributed by atoms with Crippen molar-refractivity contribution in [3.05, 3.63) is 59.7 Å². The van der Waals surface area contributed by atoms with Gasteiger partial charge in [0.2, 0.25) is 0 Å². The van der Waals surface area contributed by atoms with Crippen molar-refractivity contribution in [3.63, 3.8) is 0 Å². The quantitative estimate of drug-likeness (QED) is 0.795. The second-order valence-electron chi connectivity index (χ2n) is 8.10. The van der Waals surface area contributed by atoms with Crippen LogP contribution in [-0.4, -0.2) is 66.6 Å². The van der Waals surface area contributed by atoms with Gasteiger partial charge in [-0.05, 0) is 35.7 Å². The summed E-state index contributed by atoms with van der Waals surface area (Å²) < 4.78 is 19.4. The summed E-state index contributed by atoms with van der Waals surface area (Å²) in [4.78, 5) is 23.2. The molecule has 3 atom stereocenters. The van der Waals surface area contributed by atoms with Crippen molar-refractivity contribution < 1.29 is 13.9 Å². The number of amides is 2. The Balaban J connectivity index is 1.58. The number of urea groups is 1. The number of pyridine rings is 1. The predicted molar refractivity (Wildman–Crippen MR) is 108 cm³/mol. The molecule has 2 amide bonds. The molecule has 0 N–H and O–H groups in total. The largest absolute Gasteiger partial charge is 0.495 e. The van der Waals surface area contributed by atoms with Crippen LogP contribution in [0.15, 0.2) is 42.6 Å². The molecule has 7 heteroatoms. The first-order valence-corrected chi connectivity index (χ1v) is 9.91. The number of hydrogen-bond donors (Lipinski definition) is 0. The summed E-state index contributed by atoms with van der Waals surface area (Å²) in [7, 11) is 5.18. The highest BCUT2D eigenvalue weighted by Gasteiger charge is 2.49. The first-order chi connectivity index (χ1) is 14.0. The van der Waals surface area contributed by atoms with Gasteiger partial charge in [0.25, 0.3) is 0 Å². The average molecular weight is 398 g/mol. The summed E-state index contributed by atoms with van der Waals surface area (Å²) in [5, 5.41) is 0. The first-order valence-electron chi connectivity index (χ1n) is 9.91. The number of ether oxygens (including phenoxy) is 1. The molecule has 6 nitrogen and oxygen atoms in total. The zero-order valence-corrected chi connectivity index (χ0v) is 17.1. The number of aromatic nitrogens is 1.